The van der Waals surface area contributed by atoms with Crippen LogP contribution in [0, 0.1) is 0 Å². The maximum Gasteiger partial charge on any atom is 0.181 e. The molecule has 0 saturated carbocycles. The van der Waals surface area contributed by atoms with Crippen LogP contribution < -0.4 is 10.6 Å². The molecule has 0 radical (unpaired) electrons. The van der Waals surface area contributed by atoms with Gasteiger partial charge in [0.25, 0.3) is 0 Å². The molecule has 31 heavy (non-hydrogen) atoms. The van der Waals surface area contributed by atoms with Crippen LogP contribution in [0.2, 0.25) is 0 Å². The third-order valence-corrected chi connectivity index (χ3v) is 6.61. The molecule has 2 saturated heterocycles. The van der Waals surface area contributed by atoms with Crippen LogP contribution in [-0.2, 0) is 11.3 Å². The lowest BCUT2D eigenvalue weighted by molar-refractivity contribution is 0.0250. The van der Waals surface area contributed by atoms with Crippen molar-refractivity contribution >= 4 is 17.2 Å². The largest absolute Gasteiger partial charge is 0.384 e. The van der Waals surface area contributed by atoms with Crippen LogP contribution in [0.15, 0.2) is 36.8 Å². The first-order valence-corrected chi connectivity index (χ1v) is 11.3. The first kappa shape index (κ1) is 20.2. The van der Waals surface area contributed by atoms with E-state index >= 15 is 0 Å². The molecule has 0 aromatic carbocycles. The smallest absolute Gasteiger partial charge is 0.181 e. The molecule has 0 atom stereocenters. The molecular formula is C23H31N7O. The molecule has 2 fully saturated rings. The number of nitrogens with one attached hydrogen (secondary N) is 2. The molecule has 2 aliphatic heterocycles. The monoisotopic (exact) mass is 421 g/mol. The summed E-state index contributed by atoms with van der Waals surface area (Å²) in [5, 5.41) is 11.3. The quantitative estimate of drug-likeness (QED) is 0.633. The Balaban J connectivity index is 1.35. The number of rotatable bonds is 6. The van der Waals surface area contributed by atoms with E-state index in [1.165, 1.54) is 12.8 Å². The molecule has 8 nitrogen and oxygen atoms in total. The van der Waals surface area contributed by atoms with Crippen LogP contribution in [0.25, 0.3) is 5.65 Å². The zero-order valence-electron chi connectivity index (χ0n) is 18.1. The molecule has 2 N–H and O–H groups in total. The molecule has 0 bridgehead atoms. The SMILES string of the molecule is CNc1cnn2c(NCc3cccnc3)cc(C3CCN(C4CCOCC4)CC3)nc12. The number of nitrogens with zero attached hydrogens (tertiary/aromatic N) is 5. The van der Waals surface area contributed by atoms with Crippen LogP contribution >= 0.6 is 0 Å². The van der Waals surface area contributed by atoms with Gasteiger partial charge in [0.05, 0.1) is 11.9 Å². The molecule has 8 heteroatoms. The Kier molecular flexibility index (Phi) is 5.99. The van der Waals surface area contributed by atoms with Gasteiger partial charge in [-0.3, -0.25) is 4.98 Å². The summed E-state index contributed by atoms with van der Waals surface area (Å²) in [5.41, 5.74) is 4.12. The molecule has 5 heterocycles. The Hall–Kier alpha value is -2.71. The van der Waals surface area contributed by atoms with Gasteiger partial charge in [0.15, 0.2) is 5.65 Å². The van der Waals surface area contributed by atoms with Crippen molar-refractivity contribution in [3.63, 3.8) is 0 Å². The van der Waals surface area contributed by atoms with E-state index in [2.05, 4.69) is 37.7 Å². The van der Waals surface area contributed by atoms with Crippen molar-refractivity contribution in [1.29, 1.82) is 0 Å². The van der Waals surface area contributed by atoms with Gasteiger partial charge >= 0.3 is 0 Å². The first-order valence-electron chi connectivity index (χ1n) is 11.3. The maximum absolute atomic E-state index is 5.54. The van der Waals surface area contributed by atoms with E-state index in [0.717, 1.165) is 67.6 Å². The highest BCUT2D eigenvalue weighted by molar-refractivity contribution is 5.69. The number of hydrogen-bond acceptors (Lipinski definition) is 7. The predicted molar refractivity (Wildman–Crippen MR) is 121 cm³/mol. The number of likely N-dealkylation sites (tertiary alicyclic amines) is 1. The Bertz CT molecular complexity index is 992. The molecule has 0 spiro atoms. The molecule has 2 aliphatic rings. The predicted octanol–water partition coefficient (Wildman–Crippen LogP) is 3.14. The highest BCUT2D eigenvalue weighted by atomic mass is 16.5. The zero-order chi connectivity index (χ0) is 21.0. The molecule has 164 valence electrons. The third kappa shape index (κ3) is 4.36. The zero-order valence-corrected chi connectivity index (χ0v) is 18.1. The average molecular weight is 422 g/mol. The highest BCUT2D eigenvalue weighted by Crippen LogP contribution is 2.32. The Morgan fingerprint density at radius 1 is 1.13 bits per heavy atom. The van der Waals surface area contributed by atoms with Crippen molar-refractivity contribution in [2.75, 3.05) is 44.0 Å². The van der Waals surface area contributed by atoms with Crippen LogP contribution in [0.5, 0.6) is 0 Å². The summed E-state index contributed by atoms with van der Waals surface area (Å²) >= 11 is 0. The summed E-state index contributed by atoms with van der Waals surface area (Å²) in [6.45, 7) is 4.78. The number of fused-ring (bicyclic) bond motifs is 1. The van der Waals surface area contributed by atoms with E-state index in [1.807, 2.05) is 30.0 Å². The minimum atomic E-state index is 0.472. The van der Waals surface area contributed by atoms with Gasteiger partial charge in [-0.2, -0.15) is 9.61 Å². The minimum Gasteiger partial charge on any atom is -0.384 e. The van der Waals surface area contributed by atoms with Crippen molar-refractivity contribution < 1.29 is 4.74 Å². The van der Waals surface area contributed by atoms with E-state index in [-0.39, 0.29) is 0 Å². The Labute approximate surface area is 183 Å². The number of hydrogen-bond donors (Lipinski definition) is 2. The number of ether oxygens (including phenoxy) is 1. The van der Waals surface area contributed by atoms with Crippen LogP contribution in [0.1, 0.15) is 42.9 Å². The second-order valence-electron chi connectivity index (χ2n) is 8.48. The maximum atomic E-state index is 5.54. The van der Waals surface area contributed by atoms with Gasteiger partial charge < -0.3 is 20.3 Å². The normalized spacial score (nSPS) is 19.0. The van der Waals surface area contributed by atoms with Gasteiger partial charge in [-0.1, -0.05) is 6.07 Å². The lowest BCUT2D eigenvalue weighted by Gasteiger charge is -2.39. The minimum absolute atomic E-state index is 0.472. The van der Waals surface area contributed by atoms with Crippen molar-refractivity contribution in [3.8, 4) is 0 Å². The van der Waals surface area contributed by atoms with Crippen molar-refractivity contribution in [1.82, 2.24) is 24.5 Å². The van der Waals surface area contributed by atoms with E-state index in [0.29, 0.717) is 18.5 Å². The van der Waals surface area contributed by atoms with Gasteiger partial charge in [0, 0.05) is 62.9 Å². The second kappa shape index (κ2) is 9.20. The fourth-order valence-electron chi connectivity index (χ4n) is 4.80. The summed E-state index contributed by atoms with van der Waals surface area (Å²) in [4.78, 5) is 11.9. The lowest BCUT2D eigenvalue weighted by Crippen LogP contribution is -2.43. The molecule has 0 aliphatic carbocycles. The van der Waals surface area contributed by atoms with Crippen molar-refractivity contribution in [2.24, 2.45) is 0 Å². The first-order chi connectivity index (χ1) is 15.3. The molecule has 3 aromatic rings. The summed E-state index contributed by atoms with van der Waals surface area (Å²) in [6, 6.07) is 6.91. The second-order valence-corrected chi connectivity index (χ2v) is 8.48. The van der Waals surface area contributed by atoms with Gasteiger partial charge in [-0.05, 0) is 50.4 Å². The van der Waals surface area contributed by atoms with Gasteiger partial charge in [0.1, 0.15) is 5.82 Å². The van der Waals surface area contributed by atoms with Crippen molar-refractivity contribution in [2.45, 2.75) is 44.2 Å². The van der Waals surface area contributed by atoms with Crippen LogP contribution in [0.3, 0.4) is 0 Å². The molecule has 3 aromatic heterocycles. The van der Waals surface area contributed by atoms with Crippen LogP contribution in [0.4, 0.5) is 11.5 Å². The number of pyridine rings is 1. The lowest BCUT2D eigenvalue weighted by atomic mass is 9.91. The number of anilines is 2. The summed E-state index contributed by atoms with van der Waals surface area (Å²) < 4.78 is 7.43. The van der Waals surface area contributed by atoms with Gasteiger partial charge in [0.2, 0.25) is 0 Å². The van der Waals surface area contributed by atoms with Crippen molar-refractivity contribution in [3.05, 3.63) is 48.0 Å². The third-order valence-electron chi connectivity index (χ3n) is 6.61. The molecule has 0 unspecified atom stereocenters. The van der Waals surface area contributed by atoms with E-state index in [9.17, 15) is 0 Å². The van der Waals surface area contributed by atoms with Crippen LogP contribution in [-0.4, -0.2) is 63.9 Å². The fraction of sp³-hybridized carbons (Fsp3) is 0.522. The Morgan fingerprint density at radius 2 is 1.97 bits per heavy atom. The standard InChI is InChI=1S/C23H31N7O/c1-24-21-16-27-30-22(26-15-17-3-2-8-25-14-17)13-20(28-23(21)30)18-4-9-29(10-5-18)19-6-11-31-12-7-19/h2-3,8,13-14,16,18-19,24,26H,4-7,9-12,15H2,1H3. The molecular weight excluding hydrogens is 390 g/mol. The van der Waals surface area contributed by atoms with E-state index in [4.69, 9.17) is 9.72 Å². The van der Waals surface area contributed by atoms with Gasteiger partial charge in [-0.25, -0.2) is 4.98 Å². The van der Waals surface area contributed by atoms with E-state index in [1.54, 1.807) is 6.20 Å². The summed E-state index contributed by atoms with van der Waals surface area (Å²) in [5.74, 6) is 1.44. The summed E-state index contributed by atoms with van der Waals surface area (Å²) in [7, 11) is 1.92. The average Bonchev–Trinajstić information content (AvgIpc) is 3.27. The topological polar surface area (TPSA) is 79.6 Å². The molecule has 0 amide bonds. The molecule has 5 rings (SSSR count). The number of piperidine rings is 1. The fourth-order valence-corrected chi connectivity index (χ4v) is 4.80. The number of aromatic nitrogens is 4. The highest BCUT2D eigenvalue weighted by Gasteiger charge is 2.28. The van der Waals surface area contributed by atoms with Gasteiger partial charge in [-0.15, -0.1) is 0 Å². The summed E-state index contributed by atoms with van der Waals surface area (Å²) in [6.07, 6.45) is 10.1. The van der Waals surface area contributed by atoms with E-state index < -0.39 is 0 Å². The Morgan fingerprint density at radius 3 is 2.71 bits per heavy atom.